The summed E-state index contributed by atoms with van der Waals surface area (Å²) in [5.74, 6) is 0.168. The summed E-state index contributed by atoms with van der Waals surface area (Å²) in [6.07, 6.45) is 1.58. The first kappa shape index (κ1) is 14.5. The van der Waals surface area contributed by atoms with Gasteiger partial charge in [-0.25, -0.2) is 4.79 Å². The van der Waals surface area contributed by atoms with Crippen molar-refractivity contribution in [3.8, 4) is 11.5 Å². The molecule has 1 aliphatic heterocycles. The number of carboxylic acids is 1. The van der Waals surface area contributed by atoms with Crippen molar-refractivity contribution in [2.45, 2.75) is 0 Å². The predicted molar refractivity (Wildman–Crippen MR) is 84.4 cm³/mol. The van der Waals surface area contributed by atoms with Gasteiger partial charge < -0.3 is 14.6 Å². The van der Waals surface area contributed by atoms with Gasteiger partial charge in [0.25, 0.3) is 0 Å². The fourth-order valence-electron chi connectivity index (χ4n) is 2.24. The summed E-state index contributed by atoms with van der Waals surface area (Å²) in [4.78, 5) is 11.6. The van der Waals surface area contributed by atoms with Crippen LogP contribution < -0.4 is 9.47 Å². The van der Waals surface area contributed by atoms with Crippen molar-refractivity contribution in [3.63, 3.8) is 0 Å². The van der Waals surface area contributed by atoms with Crippen LogP contribution in [0.25, 0.3) is 11.6 Å². The standard InChI is InChI=1S/C17H13ClO4/c18-13-3-1-2-11(8-13)9-14(17(19)20)12-4-5-15-16(10-12)22-7-6-21-15/h1-5,8-10H,6-7H2,(H,19,20)/b14-9-. The summed E-state index contributed by atoms with van der Waals surface area (Å²) in [6, 6.07) is 12.1. The largest absolute Gasteiger partial charge is 0.486 e. The molecule has 1 N–H and O–H groups in total. The van der Waals surface area contributed by atoms with Gasteiger partial charge in [-0.05, 0) is 41.5 Å². The molecule has 0 spiro atoms. The molecule has 0 atom stereocenters. The van der Waals surface area contributed by atoms with Crippen LogP contribution in [0.2, 0.25) is 5.02 Å². The van der Waals surface area contributed by atoms with E-state index in [0.29, 0.717) is 35.3 Å². The molecule has 0 bridgehead atoms. The highest BCUT2D eigenvalue weighted by Gasteiger charge is 2.16. The summed E-state index contributed by atoms with van der Waals surface area (Å²) < 4.78 is 10.9. The highest BCUT2D eigenvalue weighted by molar-refractivity contribution is 6.30. The summed E-state index contributed by atoms with van der Waals surface area (Å²) >= 11 is 5.94. The lowest BCUT2D eigenvalue weighted by atomic mass is 10.0. The van der Waals surface area contributed by atoms with Crippen LogP contribution >= 0.6 is 11.6 Å². The lowest BCUT2D eigenvalue weighted by Gasteiger charge is -2.19. The Hall–Kier alpha value is -2.46. The smallest absolute Gasteiger partial charge is 0.336 e. The van der Waals surface area contributed by atoms with Crippen LogP contribution in [0.1, 0.15) is 11.1 Å². The molecule has 0 fully saturated rings. The first-order valence-electron chi connectivity index (χ1n) is 6.74. The van der Waals surface area contributed by atoms with E-state index in [9.17, 15) is 9.90 Å². The summed E-state index contributed by atoms with van der Waals surface area (Å²) in [6.45, 7) is 0.952. The van der Waals surface area contributed by atoms with Crippen molar-refractivity contribution in [3.05, 3.63) is 58.6 Å². The Kier molecular flexibility index (Phi) is 4.02. The molecular formula is C17H13ClO4. The Morgan fingerprint density at radius 2 is 1.86 bits per heavy atom. The molecule has 0 radical (unpaired) electrons. The van der Waals surface area contributed by atoms with E-state index < -0.39 is 5.97 Å². The lowest BCUT2D eigenvalue weighted by Crippen LogP contribution is -2.15. The number of carboxylic acid groups (broad SMARTS) is 1. The molecule has 1 heterocycles. The normalized spacial score (nSPS) is 13.8. The van der Waals surface area contributed by atoms with Crippen LogP contribution in [-0.4, -0.2) is 24.3 Å². The van der Waals surface area contributed by atoms with Gasteiger partial charge >= 0.3 is 5.97 Å². The minimum absolute atomic E-state index is 0.166. The molecule has 3 rings (SSSR count). The highest BCUT2D eigenvalue weighted by Crippen LogP contribution is 2.33. The quantitative estimate of drug-likeness (QED) is 0.692. The van der Waals surface area contributed by atoms with E-state index in [1.54, 1.807) is 48.5 Å². The molecule has 0 unspecified atom stereocenters. The van der Waals surface area contributed by atoms with E-state index >= 15 is 0 Å². The number of hydrogen-bond acceptors (Lipinski definition) is 3. The summed E-state index contributed by atoms with van der Waals surface area (Å²) in [7, 11) is 0. The second-order valence-electron chi connectivity index (χ2n) is 4.78. The van der Waals surface area contributed by atoms with Crippen molar-refractivity contribution in [1.29, 1.82) is 0 Å². The summed E-state index contributed by atoms with van der Waals surface area (Å²) in [5.41, 5.74) is 1.44. The van der Waals surface area contributed by atoms with E-state index in [1.807, 2.05) is 0 Å². The van der Waals surface area contributed by atoms with Crippen molar-refractivity contribution in [1.82, 2.24) is 0 Å². The zero-order valence-corrected chi connectivity index (χ0v) is 12.3. The minimum Gasteiger partial charge on any atom is -0.486 e. The number of carbonyl (C=O) groups is 1. The van der Waals surface area contributed by atoms with Gasteiger partial charge in [-0.1, -0.05) is 29.8 Å². The fraction of sp³-hybridized carbons (Fsp3) is 0.118. The van der Waals surface area contributed by atoms with Gasteiger partial charge in [-0.2, -0.15) is 0 Å². The second kappa shape index (κ2) is 6.12. The number of hydrogen-bond donors (Lipinski definition) is 1. The zero-order chi connectivity index (χ0) is 15.5. The number of ether oxygens (including phenoxy) is 2. The van der Waals surface area contributed by atoms with Crippen molar-refractivity contribution in [2.75, 3.05) is 13.2 Å². The molecule has 0 saturated carbocycles. The molecule has 1 aliphatic rings. The van der Waals surface area contributed by atoms with E-state index in [-0.39, 0.29) is 5.57 Å². The third kappa shape index (κ3) is 3.07. The molecule has 22 heavy (non-hydrogen) atoms. The first-order valence-corrected chi connectivity index (χ1v) is 7.12. The highest BCUT2D eigenvalue weighted by atomic mass is 35.5. The Bertz CT molecular complexity index is 752. The van der Waals surface area contributed by atoms with Gasteiger partial charge in [0.15, 0.2) is 11.5 Å². The number of fused-ring (bicyclic) bond motifs is 1. The van der Waals surface area contributed by atoms with Gasteiger partial charge in [0.1, 0.15) is 13.2 Å². The van der Waals surface area contributed by atoms with E-state index in [1.165, 1.54) is 0 Å². The van der Waals surface area contributed by atoms with Gasteiger partial charge in [-0.15, -0.1) is 0 Å². The summed E-state index contributed by atoms with van der Waals surface area (Å²) in [5, 5.41) is 10.0. The molecule has 112 valence electrons. The maximum Gasteiger partial charge on any atom is 0.336 e. The number of halogens is 1. The van der Waals surface area contributed by atoms with E-state index in [4.69, 9.17) is 21.1 Å². The molecule has 5 heteroatoms. The zero-order valence-electron chi connectivity index (χ0n) is 11.6. The Morgan fingerprint density at radius 3 is 2.59 bits per heavy atom. The van der Waals surface area contributed by atoms with Crippen molar-refractivity contribution < 1.29 is 19.4 Å². The Morgan fingerprint density at radius 1 is 1.09 bits per heavy atom. The maximum absolute atomic E-state index is 11.6. The van der Waals surface area contributed by atoms with Gasteiger partial charge in [-0.3, -0.25) is 0 Å². The SMILES string of the molecule is O=C(O)/C(=C\c1cccc(Cl)c1)c1ccc2c(c1)OCCO2. The monoisotopic (exact) mass is 316 g/mol. The molecule has 0 amide bonds. The lowest BCUT2D eigenvalue weighted by molar-refractivity contribution is -0.130. The average Bonchev–Trinajstić information content (AvgIpc) is 2.52. The Labute approximate surface area is 132 Å². The molecule has 0 aliphatic carbocycles. The fourth-order valence-corrected chi connectivity index (χ4v) is 2.44. The molecule has 2 aromatic carbocycles. The Balaban J connectivity index is 2.03. The molecule has 0 aromatic heterocycles. The van der Waals surface area contributed by atoms with Crippen LogP contribution in [-0.2, 0) is 4.79 Å². The number of benzene rings is 2. The molecule has 0 saturated heterocycles. The van der Waals surface area contributed by atoms with Crippen LogP contribution in [0.15, 0.2) is 42.5 Å². The predicted octanol–water partition coefficient (Wildman–Crippen LogP) is 3.74. The first-order chi connectivity index (χ1) is 10.6. The van der Waals surface area contributed by atoms with Crippen LogP contribution in [0.5, 0.6) is 11.5 Å². The average molecular weight is 317 g/mol. The van der Waals surface area contributed by atoms with Crippen LogP contribution in [0, 0.1) is 0 Å². The second-order valence-corrected chi connectivity index (χ2v) is 5.21. The molecule has 2 aromatic rings. The topological polar surface area (TPSA) is 55.8 Å². The minimum atomic E-state index is -1.02. The van der Waals surface area contributed by atoms with Crippen molar-refractivity contribution >= 4 is 29.2 Å². The van der Waals surface area contributed by atoms with Crippen LogP contribution in [0.3, 0.4) is 0 Å². The number of rotatable bonds is 3. The van der Waals surface area contributed by atoms with E-state index in [0.717, 1.165) is 5.56 Å². The van der Waals surface area contributed by atoms with Gasteiger partial charge in [0.05, 0.1) is 5.57 Å². The third-order valence-electron chi connectivity index (χ3n) is 3.24. The number of aliphatic carboxylic acids is 1. The molecular weight excluding hydrogens is 304 g/mol. The van der Waals surface area contributed by atoms with Crippen LogP contribution in [0.4, 0.5) is 0 Å². The van der Waals surface area contributed by atoms with Gasteiger partial charge in [0, 0.05) is 5.02 Å². The maximum atomic E-state index is 11.6. The van der Waals surface area contributed by atoms with Gasteiger partial charge in [0.2, 0.25) is 0 Å². The van der Waals surface area contributed by atoms with Crippen molar-refractivity contribution in [2.24, 2.45) is 0 Å². The molecule has 4 nitrogen and oxygen atoms in total. The third-order valence-corrected chi connectivity index (χ3v) is 3.48. The van der Waals surface area contributed by atoms with E-state index in [2.05, 4.69) is 0 Å².